The second-order valence-electron chi connectivity index (χ2n) is 5.54. The van der Waals surface area contributed by atoms with Crippen LogP contribution < -0.4 is 0 Å². The molecule has 3 nitrogen and oxygen atoms in total. The molecule has 0 bridgehead atoms. The Hall–Kier alpha value is -2.46. The highest BCUT2D eigenvalue weighted by atomic mass is 35.5. The number of halogens is 2. The summed E-state index contributed by atoms with van der Waals surface area (Å²) in [7, 11) is 0. The van der Waals surface area contributed by atoms with Crippen LogP contribution in [0.15, 0.2) is 42.5 Å². The SMILES string of the molecule is CCc1ccc(Cl)c(C(=O)c2nc(-c3ccccc3F)[nH]c2C)c1. The van der Waals surface area contributed by atoms with E-state index in [9.17, 15) is 9.18 Å². The fraction of sp³-hybridized carbons (Fsp3) is 0.158. The van der Waals surface area contributed by atoms with Crippen LogP contribution in [0.1, 0.15) is 34.2 Å². The molecular formula is C19H16ClFN2O. The maximum Gasteiger partial charge on any atom is 0.214 e. The molecule has 0 radical (unpaired) electrons. The summed E-state index contributed by atoms with van der Waals surface area (Å²) in [6.45, 7) is 3.75. The van der Waals surface area contributed by atoms with Crippen LogP contribution >= 0.6 is 11.6 Å². The molecule has 0 fully saturated rings. The lowest BCUT2D eigenvalue weighted by atomic mass is 10.0. The van der Waals surface area contributed by atoms with Crippen molar-refractivity contribution in [2.45, 2.75) is 20.3 Å². The van der Waals surface area contributed by atoms with Crippen molar-refractivity contribution in [1.29, 1.82) is 0 Å². The summed E-state index contributed by atoms with van der Waals surface area (Å²) in [5.74, 6) is -0.334. The van der Waals surface area contributed by atoms with Gasteiger partial charge in [0.1, 0.15) is 17.3 Å². The monoisotopic (exact) mass is 342 g/mol. The van der Waals surface area contributed by atoms with Gasteiger partial charge in [-0.25, -0.2) is 9.37 Å². The lowest BCUT2D eigenvalue weighted by Gasteiger charge is -2.05. The number of aromatic amines is 1. The van der Waals surface area contributed by atoms with Crippen LogP contribution in [-0.2, 0) is 6.42 Å². The van der Waals surface area contributed by atoms with Crippen molar-refractivity contribution in [2.75, 3.05) is 0 Å². The third-order valence-corrected chi connectivity index (χ3v) is 4.24. The molecule has 5 heteroatoms. The smallest absolute Gasteiger partial charge is 0.214 e. The third kappa shape index (κ3) is 2.97. The summed E-state index contributed by atoms with van der Waals surface area (Å²) < 4.78 is 13.9. The van der Waals surface area contributed by atoms with Gasteiger partial charge in [-0.3, -0.25) is 4.79 Å². The molecule has 122 valence electrons. The number of H-pyrrole nitrogens is 1. The van der Waals surface area contributed by atoms with E-state index in [4.69, 9.17) is 11.6 Å². The standard InChI is InChI=1S/C19H16ClFN2O/c1-3-12-8-9-15(20)14(10-12)18(24)17-11(2)22-19(23-17)13-6-4-5-7-16(13)21/h4-10H,3H2,1-2H3,(H,22,23). The van der Waals surface area contributed by atoms with Crippen LogP contribution in [0.2, 0.25) is 5.02 Å². The molecule has 0 aliphatic heterocycles. The van der Waals surface area contributed by atoms with Crippen molar-refractivity contribution in [3.8, 4) is 11.4 Å². The molecule has 3 rings (SSSR count). The maximum absolute atomic E-state index is 13.9. The fourth-order valence-electron chi connectivity index (χ4n) is 2.56. The Labute approximate surface area is 144 Å². The van der Waals surface area contributed by atoms with Crippen LogP contribution in [0.25, 0.3) is 11.4 Å². The summed E-state index contributed by atoms with van der Waals surface area (Å²) in [6, 6.07) is 11.7. The number of carbonyl (C=O) groups excluding carboxylic acids is 1. The summed E-state index contributed by atoms with van der Waals surface area (Å²) >= 11 is 6.18. The molecule has 24 heavy (non-hydrogen) atoms. The Balaban J connectivity index is 2.05. The van der Waals surface area contributed by atoms with Gasteiger partial charge in [0.15, 0.2) is 0 Å². The number of aryl methyl sites for hydroxylation is 2. The van der Waals surface area contributed by atoms with E-state index >= 15 is 0 Å². The average molecular weight is 343 g/mol. The Morgan fingerprint density at radius 3 is 2.71 bits per heavy atom. The number of rotatable bonds is 4. The molecule has 0 aliphatic carbocycles. The fourth-order valence-corrected chi connectivity index (χ4v) is 2.76. The van der Waals surface area contributed by atoms with Gasteiger partial charge in [0.2, 0.25) is 5.78 Å². The highest BCUT2D eigenvalue weighted by molar-refractivity contribution is 6.35. The molecular weight excluding hydrogens is 327 g/mol. The van der Waals surface area contributed by atoms with E-state index in [1.807, 2.05) is 13.0 Å². The normalized spacial score (nSPS) is 10.8. The largest absolute Gasteiger partial charge is 0.341 e. The average Bonchev–Trinajstić information content (AvgIpc) is 2.96. The summed E-state index contributed by atoms with van der Waals surface area (Å²) in [5.41, 5.74) is 2.59. The molecule has 0 unspecified atom stereocenters. The van der Waals surface area contributed by atoms with Gasteiger partial charge in [0.05, 0.1) is 10.6 Å². The van der Waals surface area contributed by atoms with Gasteiger partial charge in [-0.1, -0.05) is 36.7 Å². The van der Waals surface area contributed by atoms with Gasteiger partial charge >= 0.3 is 0 Å². The number of hydrogen-bond acceptors (Lipinski definition) is 2. The van der Waals surface area contributed by atoms with Gasteiger partial charge in [-0.2, -0.15) is 0 Å². The van der Waals surface area contributed by atoms with Crippen LogP contribution in [0.5, 0.6) is 0 Å². The first-order valence-corrected chi connectivity index (χ1v) is 8.03. The first kappa shape index (κ1) is 16.4. The predicted octanol–water partition coefficient (Wildman–Crippen LogP) is 4.97. The maximum atomic E-state index is 13.9. The molecule has 0 atom stereocenters. The molecule has 1 aromatic heterocycles. The lowest BCUT2D eigenvalue weighted by molar-refractivity contribution is 0.103. The number of nitrogens with zero attached hydrogens (tertiary/aromatic N) is 1. The van der Waals surface area contributed by atoms with Gasteiger partial charge in [0.25, 0.3) is 0 Å². The predicted molar refractivity (Wildman–Crippen MR) is 93.0 cm³/mol. The second-order valence-corrected chi connectivity index (χ2v) is 5.94. The van der Waals surface area contributed by atoms with E-state index < -0.39 is 5.82 Å². The quantitative estimate of drug-likeness (QED) is 0.680. The molecule has 0 saturated heterocycles. The van der Waals surface area contributed by atoms with Gasteiger partial charge < -0.3 is 4.98 Å². The van der Waals surface area contributed by atoms with Crippen LogP contribution in [0, 0.1) is 12.7 Å². The summed E-state index contributed by atoms with van der Waals surface area (Å²) in [4.78, 5) is 20.1. The topological polar surface area (TPSA) is 45.8 Å². The van der Waals surface area contributed by atoms with Crippen LogP contribution in [0.3, 0.4) is 0 Å². The summed E-state index contributed by atoms with van der Waals surface area (Å²) in [6.07, 6.45) is 0.803. The van der Waals surface area contributed by atoms with Gasteiger partial charge in [0, 0.05) is 11.3 Å². The van der Waals surface area contributed by atoms with Crippen molar-refractivity contribution in [2.24, 2.45) is 0 Å². The Kier molecular flexibility index (Phi) is 4.49. The number of benzene rings is 2. The first-order valence-electron chi connectivity index (χ1n) is 7.66. The van der Waals surface area contributed by atoms with E-state index in [-0.39, 0.29) is 11.5 Å². The van der Waals surface area contributed by atoms with Crippen molar-refractivity contribution in [3.05, 3.63) is 75.8 Å². The van der Waals surface area contributed by atoms with Crippen LogP contribution in [-0.4, -0.2) is 15.8 Å². The molecule has 0 amide bonds. The van der Waals surface area contributed by atoms with Crippen molar-refractivity contribution in [1.82, 2.24) is 9.97 Å². The van der Waals surface area contributed by atoms with E-state index in [1.165, 1.54) is 6.07 Å². The minimum Gasteiger partial charge on any atom is -0.341 e. The van der Waals surface area contributed by atoms with Crippen LogP contribution in [0.4, 0.5) is 4.39 Å². The van der Waals surface area contributed by atoms with Gasteiger partial charge in [-0.15, -0.1) is 0 Å². The first-order chi connectivity index (χ1) is 11.5. The van der Waals surface area contributed by atoms with E-state index in [2.05, 4.69) is 9.97 Å². The zero-order chi connectivity index (χ0) is 17.3. The summed E-state index contributed by atoms with van der Waals surface area (Å²) in [5, 5.41) is 0.382. The van der Waals surface area contributed by atoms with E-state index in [0.717, 1.165) is 12.0 Å². The Morgan fingerprint density at radius 2 is 2.00 bits per heavy atom. The number of ketones is 1. The Morgan fingerprint density at radius 1 is 1.25 bits per heavy atom. The molecule has 0 spiro atoms. The number of carbonyl (C=O) groups is 1. The highest BCUT2D eigenvalue weighted by Crippen LogP contribution is 2.25. The van der Waals surface area contributed by atoms with Crippen molar-refractivity contribution in [3.63, 3.8) is 0 Å². The molecule has 0 aliphatic rings. The van der Waals surface area contributed by atoms with Gasteiger partial charge in [-0.05, 0) is 43.2 Å². The lowest BCUT2D eigenvalue weighted by Crippen LogP contribution is -2.05. The minimum absolute atomic E-state index is 0.253. The highest BCUT2D eigenvalue weighted by Gasteiger charge is 2.21. The minimum atomic E-state index is -0.392. The van der Waals surface area contributed by atoms with Crippen molar-refractivity contribution < 1.29 is 9.18 Å². The number of nitrogens with one attached hydrogen (secondary N) is 1. The number of imidazole rings is 1. The number of hydrogen-bond donors (Lipinski definition) is 1. The van der Waals surface area contributed by atoms with Crippen molar-refractivity contribution >= 4 is 17.4 Å². The second kappa shape index (κ2) is 6.57. The number of aromatic nitrogens is 2. The van der Waals surface area contributed by atoms with E-state index in [1.54, 1.807) is 37.3 Å². The molecule has 0 saturated carbocycles. The zero-order valence-corrected chi connectivity index (χ0v) is 14.1. The Bertz CT molecular complexity index is 917. The molecule has 1 N–H and O–H groups in total. The molecule has 1 heterocycles. The molecule has 2 aromatic carbocycles. The van der Waals surface area contributed by atoms with E-state index in [0.29, 0.717) is 27.7 Å². The third-order valence-electron chi connectivity index (χ3n) is 3.91. The zero-order valence-electron chi connectivity index (χ0n) is 13.4. The molecule has 3 aromatic rings.